The number of guanidine groups is 1. The van der Waals surface area contributed by atoms with E-state index in [0.29, 0.717) is 12.0 Å². The number of methoxy groups -OCH3 is 1. The lowest BCUT2D eigenvalue weighted by atomic mass is 10.0. The average Bonchev–Trinajstić information content (AvgIpc) is 3.42. The normalized spacial score (nSPS) is 15.6. The zero-order valence-corrected chi connectivity index (χ0v) is 16.9. The van der Waals surface area contributed by atoms with Crippen LogP contribution < -0.4 is 15.4 Å². The molecule has 1 aromatic rings. The zero-order chi connectivity index (χ0) is 18.8. The molecule has 0 spiro atoms. The van der Waals surface area contributed by atoms with E-state index in [-0.39, 0.29) is 0 Å². The molecule has 2 rings (SSSR count). The minimum absolute atomic E-state index is 0.394. The summed E-state index contributed by atoms with van der Waals surface area (Å²) in [5.74, 6) is 1.82. The van der Waals surface area contributed by atoms with E-state index < -0.39 is 0 Å². The van der Waals surface area contributed by atoms with E-state index in [1.165, 1.54) is 18.4 Å². The number of rotatable bonds is 11. The summed E-state index contributed by atoms with van der Waals surface area (Å²) in [6, 6.07) is 6.34. The van der Waals surface area contributed by atoms with Crippen molar-refractivity contribution >= 4 is 5.96 Å². The van der Waals surface area contributed by atoms with Gasteiger partial charge in [-0.25, -0.2) is 4.99 Å². The number of aryl methyl sites for hydroxylation is 1. The Morgan fingerprint density at radius 3 is 2.65 bits per heavy atom. The van der Waals surface area contributed by atoms with Crippen molar-refractivity contribution in [3.63, 3.8) is 0 Å². The molecule has 26 heavy (non-hydrogen) atoms. The maximum atomic E-state index is 5.90. The van der Waals surface area contributed by atoms with Crippen LogP contribution in [-0.4, -0.2) is 39.4 Å². The van der Waals surface area contributed by atoms with E-state index >= 15 is 0 Å². The predicted molar refractivity (Wildman–Crippen MR) is 108 cm³/mol. The van der Waals surface area contributed by atoms with E-state index in [4.69, 9.17) is 14.5 Å². The zero-order valence-electron chi connectivity index (χ0n) is 16.9. The molecule has 146 valence electrons. The van der Waals surface area contributed by atoms with Gasteiger partial charge in [-0.15, -0.1) is 0 Å². The van der Waals surface area contributed by atoms with Crippen molar-refractivity contribution in [1.82, 2.24) is 10.6 Å². The quantitative estimate of drug-likeness (QED) is 0.467. The first-order valence-electron chi connectivity index (χ1n) is 9.86. The van der Waals surface area contributed by atoms with Crippen molar-refractivity contribution in [2.45, 2.75) is 53.0 Å². The molecule has 0 aromatic heterocycles. The number of aliphatic imine (C=N–C) groups is 1. The molecule has 0 unspecified atom stereocenters. The molecular weight excluding hydrogens is 326 g/mol. The van der Waals surface area contributed by atoms with Gasteiger partial charge >= 0.3 is 0 Å². The molecule has 5 nitrogen and oxygen atoms in total. The lowest BCUT2D eigenvalue weighted by Gasteiger charge is -2.18. The Morgan fingerprint density at radius 1 is 1.19 bits per heavy atom. The molecule has 1 aliphatic carbocycles. The minimum Gasteiger partial charge on any atom is -0.493 e. The van der Waals surface area contributed by atoms with Gasteiger partial charge in [0.25, 0.3) is 0 Å². The topological polar surface area (TPSA) is 54.9 Å². The third-order valence-electron chi connectivity index (χ3n) is 4.86. The highest BCUT2D eigenvalue weighted by Gasteiger charge is 2.41. The SMILES string of the molecule is CCCOc1cc(C)ccc1CN=C(NCC)NCC1(CCOC)CC1. The molecule has 1 saturated carbocycles. The molecule has 0 radical (unpaired) electrons. The van der Waals surface area contributed by atoms with Crippen LogP contribution in [0.2, 0.25) is 0 Å². The van der Waals surface area contributed by atoms with Gasteiger partial charge in [0.1, 0.15) is 5.75 Å². The van der Waals surface area contributed by atoms with Crippen LogP contribution in [-0.2, 0) is 11.3 Å². The van der Waals surface area contributed by atoms with Gasteiger partial charge in [0, 0.05) is 32.4 Å². The van der Waals surface area contributed by atoms with Gasteiger partial charge in [0.15, 0.2) is 5.96 Å². The van der Waals surface area contributed by atoms with E-state index in [9.17, 15) is 0 Å². The third kappa shape index (κ3) is 6.52. The van der Waals surface area contributed by atoms with Crippen LogP contribution in [0.1, 0.15) is 50.7 Å². The predicted octanol–water partition coefficient (Wildman–Crippen LogP) is 3.66. The number of nitrogens with zero attached hydrogens (tertiary/aromatic N) is 1. The summed E-state index contributed by atoms with van der Waals surface area (Å²) in [6.45, 7) is 10.3. The van der Waals surface area contributed by atoms with Gasteiger partial charge < -0.3 is 20.1 Å². The summed E-state index contributed by atoms with van der Waals surface area (Å²) in [7, 11) is 1.77. The molecule has 0 amide bonds. The first-order chi connectivity index (χ1) is 12.6. The van der Waals surface area contributed by atoms with E-state index in [1.807, 2.05) is 0 Å². The lowest BCUT2D eigenvalue weighted by molar-refractivity contribution is 0.172. The van der Waals surface area contributed by atoms with Crippen molar-refractivity contribution in [2.24, 2.45) is 10.4 Å². The van der Waals surface area contributed by atoms with Crippen molar-refractivity contribution in [2.75, 3.05) is 33.4 Å². The Labute approximate surface area is 158 Å². The number of nitrogens with one attached hydrogen (secondary N) is 2. The van der Waals surface area contributed by atoms with Gasteiger partial charge in [-0.3, -0.25) is 0 Å². The van der Waals surface area contributed by atoms with Crippen molar-refractivity contribution in [3.05, 3.63) is 29.3 Å². The Morgan fingerprint density at radius 2 is 2.00 bits per heavy atom. The van der Waals surface area contributed by atoms with Gasteiger partial charge in [0.05, 0.1) is 13.2 Å². The summed E-state index contributed by atoms with van der Waals surface area (Å²) >= 11 is 0. The first kappa shape index (κ1) is 20.6. The van der Waals surface area contributed by atoms with Crippen molar-refractivity contribution in [3.8, 4) is 5.75 Å². The average molecular weight is 362 g/mol. The molecule has 0 bridgehead atoms. The maximum Gasteiger partial charge on any atom is 0.191 e. The standard InChI is InChI=1S/C21H35N3O2/c1-5-12-26-19-14-17(3)7-8-18(19)15-23-20(22-6-2)24-16-21(9-10-21)11-13-25-4/h7-8,14H,5-6,9-13,15-16H2,1-4H3,(H2,22,23,24). The highest BCUT2D eigenvalue weighted by molar-refractivity contribution is 5.79. The molecule has 1 aliphatic rings. The highest BCUT2D eigenvalue weighted by Crippen LogP contribution is 2.48. The second kappa shape index (κ2) is 10.4. The minimum atomic E-state index is 0.394. The van der Waals surface area contributed by atoms with Gasteiger partial charge in [-0.05, 0) is 56.6 Å². The van der Waals surface area contributed by atoms with Crippen LogP contribution in [0.5, 0.6) is 5.75 Å². The van der Waals surface area contributed by atoms with Crippen LogP contribution in [0.25, 0.3) is 0 Å². The van der Waals surface area contributed by atoms with Crippen LogP contribution >= 0.6 is 0 Å². The monoisotopic (exact) mass is 361 g/mol. The molecule has 0 heterocycles. The van der Waals surface area contributed by atoms with Crippen LogP contribution in [0.15, 0.2) is 23.2 Å². The lowest BCUT2D eigenvalue weighted by Crippen LogP contribution is -2.40. The Hall–Kier alpha value is -1.75. The largest absolute Gasteiger partial charge is 0.493 e. The molecule has 5 heteroatoms. The second-order valence-corrected chi connectivity index (χ2v) is 7.25. The molecular formula is C21H35N3O2. The fourth-order valence-corrected chi connectivity index (χ4v) is 2.93. The molecule has 2 N–H and O–H groups in total. The second-order valence-electron chi connectivity index (χ2n) is 7.25. The van der Waals surface area contributed by atoms with E-state index in [2.05, 4.69) is 49.6 Å². The van der Waals surface area contributed by atoms with Gasteiger partial charge in [-0.2, -0.15) is 0 Å². The molecule has 1 aromatic carbocycles. The summed E-state index contributed by atoms with van der Waals surface area (Å²) in [5, 5.41) is 6.87. The summed E-state index contributed by atoms with van der Waals surface area (Å²) in [6.07, 6.45) is 4.67. The fourth-order valence-electron chi connectivity index (χ4n) is 2.93. The molecule has 0 atom stereocenters. The Kier molecular flexibility index (Phi) is 8.23. The number of hydrogen-bond donors (Lipinski definition) is 2. The highest BCUT2D eigenvalue weighted by atomic mass is 16.5. The summed E-state index contributed by atoms with van der Waals surface area (Å²) in [5.41, 5.74) is 2.73. The molecule has 0 aliphatic heterocycles. The maximum absolute atomic E-state index is 5.90. The van der Waals surface area contributed by atoms with Crippen LogP contribution in [0.3, 0.4) is 0 Å². The van der Waals surface area contributed by atoms with Crippen molar-refractivity contribution in [1.29, 1.82) is 0 Å². The molecule has 0 saturated heterocycles. The van der Waals surface area contributed by atoms with Gasteiger partial charge in [-0.1, -0.05) is 19.1 Å². The number of ether oxygens (including phenoxy) is 2. The smallest absolute Gasteiger partial charge is 0.191 e. The van der Waals surface area contributed by atoms with E-state index in [0.717, 1.165) is 56.4 Å². The number of benzene rings is 1. The van der Waals surface area contributed by atoms with Crippen LogP contribution in [0.4, 0.5) is 0 Å². The Balaban J connectivity index is 1.98. The van der Waals surface area contributed by atoms with Crippen molar-refractivity contribution < 1.29 is 9.47 Å². The van der Waals surface area contributed by atoms with E-state index in [1.54, 1.807) is 7.11 Å². The summed E-state index contributed by atoms with van der Waals surface area (Å²) in [4.78, 5) is 4.78. The van der Waals surface area contributed by atoms with Gasteiger partial charge in [0.2, 0.25) is 0 Å². The Bertz CT molecular complexity index is 583. The first-order valence-corrected chi connectivity index (χ1v) is 9.86. The fraction of sp³-hybridized carbons (Fsp3) is 0.667. The van der Waals surface area contributed by atoms with Crippen LogP contribution in [0, 0.1) is 12.3 Å². The summed E-state index contributed by atoms with van der Waals surface area (Å²) < 4.78 is 11.1. The number of hydrogen-bond acceptors (Lipinski definition) is 3. The molecule has 1 fully saturated rings. The third-order valence-corrected chi connectivity index (χ3v) is 4.86.